The second-order valence-electron chi connectivity index (χ2n) is 3.55. The van der Waals surface area contributed by atoms with Gasteiger partial charge >= 0.3 is 7.82 Å². The van der Waals surface area contributed by atoms with Crippen LogP contribution in [-0.4, -0.2) is 18.1 Å². The summed E-state index contributed by atoms with van der Waals surface area (Å²) in [5.41, 5.74) is 0. The molecular formula is C10H23MoO4P. The molecule has 0 aliphatic carbocycles. The minimum atomic E-state index is -3.77. The van der Waals surface area contributed by atoms with Crippen molar-refractivity contribution in [3.05, 3.63) is 0 Å². The van der Waals surface area contributed by atoms with Crippen molar-refractivity contribution in [1.29, 1.82) is 0 Å². The summed E-state index contributed by atoms with van der Waals surface area (Å²) in [6.45, 7) is 4.74. The summed E-state index contributed by atoms with van der Waals surface area (Å²) < 4.78 is 20.9. The molecule has 0 aromatic carbocycles. The van der Waals surface area contributed by atoms with Gasteiger partial charge in [0, 0.05) is 21.1 Å². The Kier molecular flexibility index (Phi) is 14.7. The summed E-state index contributed by atoms with van der Waals surface area (Å²) in [7, 11) is -3.77. The maximum atomic E-state index is 11.3. The summed E-state index contributed by atoms with van der Waals surface area (Å²) in [5, 5.41) is 0. The molecule has 0 aliphatic heterocycles. The van der Waals surface area contributed by atoms with E-state index in [1.54, 1.807) is 0 Å². The van der Waals surface area contributed by atoms with Gasteiger partial charge in [-0.3, -0.25) is 9.05 Å². The van der Waals surface area contributed by atoms with Gasteiger partial charge in [-0.2, -0.15) is 0 Å². The molecule has 98 valence electrons. The average Bonchev–Trinajstić information content (AvgIpc) is 2.20. The van der Waals surface area contributed by atoms with Gasteiger partial charge in [0.1, 0.15) is 0 Å². The maximum Gasteiger partial charge on any atom is 0.472 e. The third-order valence-electron chi connectivity index (χ3n) is 2.00. The van der Waals surface area contributed by atoms with E-state index in [1.165, 1.54) is 0 Å². The van der Waals surface area contributed by atoms with Crippen LogP contribution in [0.5, 0.6) is 0 Å². The molecule has 0 bridgehead atoms. The van der Waals surface area contributed by atoms with Crippen molar-refractivity contribution in [1.82, 2.24) is 0 Å². The molecule has 6 heteroatoms. The van der Waals surface area contributed by atoms with Gasteiger partial charge in [-0.25, -0.2) is 4.57 Å². The Bertz CT molecular complexity index is 174. The van der Waals surface area contributed by atoms with Crippen LogP contribution in [0.1, 0.15) is 52.4 Å². The molecule has 0 amide bonds. The normalized spacial score (nSPS) is 11.2. The SMILES string of the molecule is CCCCCOP(=O)(O)OCCCCC.[Mo]. The molecule has 0 saturated heterocycles. The van der Waals surface area contributed by atoms with Gasteiger partial charge in [0.15, 0.2) is 0 Å². The first-order valence-electron chi connectivity index (χ1n) is 5.74. The van der Waals surface area contributed by atoms with Crippen LogP contribution in [-0.2, 0) is 34.7 Å². The second-order valence-corrected chi connectivity index (χ2v) is 5.00. The van der Waals surface area contributed by atoms with Crippen molar-refractivity contribution in [3.8, 4) is 0 Å². The van der Waals surface area contributed by atoms with Gasteiger partial charge in [0.25, 0.3) is 0 Å². The van der Waals surface area contributed by atoms with Gasteiger partial charge in [0.05, 0.1) is 13.2 Å². The van der Waals surface area contributed by atoms with E-state index < -0.39 is 7.82 Å². The van der Waals surface area contributed by atoms with E-state index in [9.17, 15) is 9.46 Å². The maximum absolute atomic E-state index is 11.3. The summed E-state index contributed by atoms with van der Waals surface area (Å²) in [6.07, 6.45) is 5.76. The average molecular weight is 334 g/mol. The van der Waals surface area contributed by atoms with E-state index in [0.717, 1.165) is 38.5 Å². The molecule has 16 heavy (non-hydrogen) atoms. The van der Waals surface area contributed by atoms with Crippen LogP contribution in [0.4, 0.5) is 0 Å². The Morgan fingerprint density at radius 2 is 1.31 bits per heavy atom. The van der Waals surface area contributed by atoms with E-state index in [4.69, 9.17) is 9.05 Å². The molecule has 0 atom stereocenters. The Hall–Kier alpha value is 0.798. The number of rotatable bonds is 10. The largest absolute Gasteiger partial charge is 0.472 e. The van der Waals surface area contributed by atoms with Crippen molar-refractivity contribution in [2.45, 2.75) is 52.4 Å². The van der Waals surface area contributed by atoms with Gasteiger partial charge in [-0.1, -0.05) is 39.5 Å². The molecule has 0 aliphatic rings. The fourth-order valence-corrected chi connectivity index (χ4v) is 1.90. The van der Waals surface area contributed by atoms with Gasteiger partial charge < -0.3 is 4.89 Å². The summed E-state index contributed by atoms with van der Waals surface area (Å²) in [6, 6.07) is 0. The van der Waals surface area contributed by atoms with Gasteiger partial charge in [-0.05, 0) is 12.8 Å². The standard InChI is InChI=1S/C10H23O4P.Mo/c1-3-5-7-9-13-15(11,12)14-10-8-6-4-2;/h3-10H2,1-2H3,(H,11,12);. The van der Waals surface area contributed by atoms with E-state index in [-0.39, 0.29) is 21.1 Å². The van der Waals surface area contributed by atoms with E-state index >= 15 is 0 Å². The summed E-state index contributed by atoms with van der Waals surface area (Å²) >= 11 is 0. The van der Waals surface area contributed by atoms with Crippen LogP contribution in [0.2, 0.25) is 0 Å². The Morgan fingerprint density at radius 3 is 1.62 bits per heavy atom. The van der Waals surface area contributed by atoms with Crippen LogP contribution in [0.25, 0.3) is 0 Å². The molecule has 0 radical (unpaired) electrons. The molecule has 0 spiro atoms. The molecular weight excluding hydrogens is 311 g/mol. The quantitative estimate of drug-likeness (QED) is 0.377. The molecule has 0 aromatic rings. The molecule has 0 heterocycles. The number of hydrogen-bond acceptors (Lipinski definition) is 3. The van der Waals surface area contributed by atoms with Crippen LogP contribution in [0.3, 0.4) is 0 Å². The number of hydrogen-bond donors (Lipinski definition) is 1. The smallest absolute Gasteiger partial charge is 0.302 e. The Balaban J connectivity index is 0. The fraction of sp³-hybridized carbons (Fsp3) is 1.00. The van der Waals surface area contributed by atoms with Crippen molar-refractivity contribution >= 4 is 7.82 Å². The fourth-order valence-electron chi connectivity index (χ4n) is 1.10. The van der Waals surface area contributed by atoms with E-state index in [1.807, 2.05) is 0 Å². The summed E-state index contributed by atoms with van der Waals surface area (Å²) in [4.78, 5) is 9.22. The van der Waals surface area contributed by atoms with Gasteiger partial charge in [-0.15, -0.1) is 0 Å². The first kappa shape index (κ1) is 19.1. The predicted octanol–water partition coefficient (Wildman–Crippen LogP) is 3.50. The van der Waals surface area contributed by atoms with Crippen molar-refractivity contribution in [2.75, 3.05) is 13.2 Å². The molecule has 4 nitrogen and oxygen atoms in total. The first-order chi connectivity index (χ1) is 7.12. The van der Waals surface area contributed by atoms with Crippen LogP contribution in [0, 0.1) is 0 Å². The molecule has 0 unspecified atom stereocenters. The van der Waals surface area contributed by atoms with Crippen molar-refractivity contribution in [2.24, 2.45) is 0 Å². The monoisotopic (exact) mass is 336 g/mol. The molecule has 0 saturated carbocycles. The zero-order valence-electron chi connectivity index (χ0n) is 10.2. The van der Waals surface area contributed by atoms with Crippen molar-refractivity contribution in [3.63, 3.8) is 0 Å². The third kappa shape index (κ3) is 12.9. The van der Waals surface area contributed by atoms with E-state index in [0.29, 0.717) is 13.2 Å². The zero-order valence-corrected chi connectivity index (χ0v) is 13.1. The van der Waals surface area contributed by atoms with Gasteiger partial charge in [0.2, 0.25) is 0 Å². The van der Waals surface area contributed by atoms with Crippen molar-refractivity contribution < 1.29 is 39.6 Å². The zero-order chi connectivity index (χ0) is 11.6. The minimum absolute atomic E-state index is 0. The number of phosphoric ester groups is 1. The van der Waals surface area contributed by atoms with Crippen LogP contribution in [0.15, 0.2) is 0 Å². The topological polar surface area (TPSA) is 55.8 Å². The van der Waals surface area contributed by atoms with E-state index in [2.05, 4.69) is 13.8 Å². The number of unbranched alkanes of at least 4 members (excludes halogenated alkanes) is 4. The Morgan fingerprint density at radius 1 is 0.938 bits per heavy atom. The molecule has 1 N–H and O–H groups in total. The third-order valence-corrected chi connectivity index (χ3v) is 3.02. The van der Waals surface area contributed by atoms with Crippen LogP contribution < -0.4 is 0 Å². The number of phosphoric acid groups is 1. The second kappa shape index (κ2) is 12.3. The Labute approximate surface area is 113 Å². The summed E-state index contributed by atoms with van der Waals surface area (Å²) in [5.74, 6) is 0. The predicted molar refractivity (Wildman–Crippen MR) is 60.8 cm³/mol. The molecule has 0 fully saturated rings. The molecule has 0 rings (SSSR count). The van der Waals surface area contributed by atoms with Crippen LogP contribution >= 0.6 is 7.82 Å². The minimum Gasteiger partial charge on any atom is -0.302 e. The first-order valence-corrected chi connectivity index (χ1v) is 7.23. The molecule has 0 aromatic heterocycles.